The van der Waals surface area contributed by atoms with E-state index in [9.17, 15) is 32.6 Å². The third-order valence-corrected chi connectivity index (χ3v) is 9.32. The fraction of sp³-hybridized carbons (Fsp3) is 0.645. The number of esters is 1. The molecular formula is C31H48N4O8S3. The van der Waals surface area contributed by atoms with Gasteiger partial charge in [-0.15, -0.1) is 0 Å². The SMILES string of the molecule is CC(C#N)(CCC(=O)NCCNC(=O)OC(C)(C)C)CC(C)(SC(=S)c1ccccc1)C(=O)OCC[N+](C)(C)CCCS(=O)(=O)[O-]. The summed E-state index contributed by atoms with van der Waals surface area (Å²) in [5.41, 5.74) is -0.995. The molecule has 0 bridgehead atoms. The number of likely N-dealkylation sites (N-methyl/N-ethyl adjacent to an activating group) is 1. The van der Waals surface area contributed by atoms with Crippen molar-refractivity contribution in [2.24, 2.45) is 5.41 Å². The van der Waals surface area contributed by atoms with Gasteiger partial charge in [0.25, 0.3) is 0 Å². The Morgan fingerprint density at radius 1 is 1.04 bits per heavy atom. The van der Waals surface area contributed by atoms with Crippen molar-refractivity contribution in [1.82, 2.24) is 10.6 Å². The molecule has 2 N–H and O–H groups in total. The smallest absolute Gasteiger partial charge is 0.407 e. The van der Waals surface area contributed by atoms with Gasteiger partial charge in [0.15, 0.2) is 0 Å². The molecule has 0 fully saturated rings. The van der Waals surface area contributed by atoms with Gasteiger partial charge in [0.05, 0.1) is 46.4 Å². The molecule has 2 atom stereocenters. The van der Waals surface area contributed by atoms with Crippen molar-refractivity contribution in [2.75, 3.05) is 52.6 Å². The van der Waals surface area contributed by atoms with Crippen LogP contribution in [0.3, 0.4) is 0 Å². The fourth-order valence-corrected chi connectivity index (χ4v) is 6.76. The number of carbonyl (C=O) groups is 3. The van der Waals surface area contributed by atoms with Gasteiger partial charge in [-0.25, -0.2) is 13.2 Å². The minimum absolute atomic E-state index is 0.0141. The summed E-state index contributed by atoms with van der Waals surface area (Å²) >= 11 is 6.80. The summed E-state index contributed by atoms with van der Waals surface area (Å²) in [5.74, 6) is -1.35. The predicted octanol–water partition coefficient (Wildman–Crippen LogP) is 3.75. The van der Waals surface area contributed by atoms with Gasteiger partial charge in [-0.1, -0.05) is 54.3 Å². The first-order valence-electron chi connectivity index (χ1n) is 14.9. The summed E-state index contributed by atoms with van der Waals surface area (Å²) in [6, 6.07) is 11.4. The van der Waals surface area contributed by atoms with Crippen LogP contribution >= 0.6 is 24.0 Å². The molecule has 2 unspecified atom stereocenters. The highest BCUT2D eigenvalue weighted by Crippen LogP contribution is 2.42. The van der Waals surface area contributed by atoms with Crippen LogP contribution in [0.15, 0.2) is 30.3 Å². The molecular weight excluding hydrogens is 653 g/mol. The number of hydrogen-bond acceptors (Lipinski definition) is 11. The zero-order valence-electron chi connectivity index (χ0n) is 27.8. The lowest BCUT2D eigenvalue weighted by Crippen LogP contribution is -2.45. The number of hydrogen-bond donors (Lipinski definition) is 2. The number of ether oxygens (including phenoxy) is 2. The van der Waals surface area contributed by atoms with E-state index in [0.717, 1.165) is 17.3 Å². The molecule has 46 heavy (non-hydrogen) atoms. The number of benzene rings is 1. The molecule has 0 aliphatic heterocycles. The zero-order chi connectivity index (χ0) is 35.2. The van der Waals surface area contributed by atoms with E-state index in [0.29, 0.717) is 21.8 Å². The van der Waals surface area contributed by atoms with E-state index in [1.165, 1.54) is 0 Å². The van der Waals surface area contributed by atoms with E-state index in [2.05, 4.69) is 16.7 Å². The van der Waals surface area contributed by atoms with Gasteiger partial charge in [-0.2, -0.15) is 5.26 Å². The summed E-state index contributed by atoms with van der Waals surface area (Å²) in [7, 11) is -0.626. The Bertz CT molecular complexity index is 1340. The van der Waals surface area contributed by atoms with Crippen molar-refractivity contribution < 1.29 is 41.3 Å². The Labute approximate surface area is 283 Å². The molecule has 0 aliphatic carbocycles. The summed E-state index contributed by atoms with van der Waals surface area (Å²) in [6.45, 7) is 9.73. The lowest BCUT2D eigenvalue weighted by atomic mass is 9.78. The average Bonchev–Trinajstić information content (AvgIpc) is 2.92. The van der Waals surface area contributed by atoms with E-state index in [-0.39, 0.29) is 51.3 Å². The van der Waals surface area contributed by atoms with Crippen LogP contribution in [-0.4, -0.2) is 103 Å². The van der Waals surface area contributed by atoms with E-state index >= 15 is 0 Å². The number of quaternary nitrogens is 1. The highest BCUT2D eigenvalue weighted by atomic mass is 32.2. The number of thioether (sulfide) groups is 1. The maximum absolute atomic E-state index is 13.6. The molecule has 258 valence electrons. The Kier molecular flexibility index (Phi) is 16.1. The molecule has 12 nitrogen and oxygen atoms in total. The van der Waals surface area contributed by atoms with Gasteiger partial charge in [0.2, 0.25) is 5.91 Å². The number of carbonyl (C=O) groups excluding carboxylic acids is 3. The molecule has 0 aromatic heterocycles. The minimum atomic E-state index is -4.31. The van der Waals surface area contributed by atoms with Gasteiger partial charge < -0.3 is 29.1 Å². The Morgan fingerprint density at radius 2 is 1.65 bits per heavy atom. The zero-order valence-corrected chi connectivity index (χ0v) is 30.3. The molecule has 15 heteroatoms. The van der Waals surface area contributed by atoms with Crippen molar-refractivity contribution in [2.45, 2.75) is 70.7 Å². The number of rotatable bonds is 18. The first-order chi connectivity index (χ1) is 21.1. The van der Waals surface area contributed by atoms with Crippen molar-refractivity contribution in [3.05, 3.63) is 35.9 Å². The molecule has 1 rings (SSSR count). The Hall–Kier alpha value is -2.77. The number of alkyl carbamates (subject to hydrolysis) is 1. The van der Waals surface area contributed by atoms with E-state index < -0.39 is 43.7 Å². The molecule has 2 amide bonds. The number of nitriles is 1. The normalized spacial score (nSPS) is 14.6. The van der Waals surface area contributed by atoms with Crippen LogP contribution in [0.4, 0.5) is 4.79 Å². The van der Waals surface area contributed by atoms with Crippen LogP contribution in [0.1, 0.15) is 65.9 Å². The quantitative estimate of drug-likeness (QED) is 0.0750. The van der Waals surface area contributed by atoms with Gasteiger partial charge >= 0.3 is 12.1 Å². The summed E-state index contributed by atoms with van der Waals surface area (Å²) in [6.07, 6.45) is -0.198. The van der Waals surface area contributed by atoms with Crippen LogP contribution in [0.5, 0.6) is 0 Å². The summed E-state index contributed by atoms with van der Waals surface area (Å²) in [5, 5.41) is 15.5. The summed E-state index contributed by atoms with van der Waals surface area (Å²) in [4.78, 5) is 38.0. The van der Waals surface area contributed by atoms with E-state index in [1.807, 2.05) is 44.4 Å². The van der Waals surface area contributed by atoms with Crippen molar-refractivity contribution >= 4 is 56.3 Å². The third kappa shape index (κ3) is 17.2. The number of nitrogens with one attached hydrogen (secondary N) is 2. The molecule has 1 aromatic carbocycles. The van der Waals surface area contributed by atoms with Crippen molar-refractivity contribution in [3.8, 4) is 6.07 Å². The standard InChI is InChI=1S/C31H48N4O8S3/c1-29(2,3)43-28(38)34-17-16-33-25(36)14-15-30(4,23-32)22-31(5,45-26(44)24-12-9-8-10-13-24)27(37)42-20-19-35(6,7)18-11-21-46(39,40)41/h8-10,12-13H,11,14-22H2,1-7H3,(H2-,33,34,36,38,39,40,41). The monoisotopic (exact) mass is 700 g/mol. The van der Waals surface area contributed by atoms with Crippen LogP contribution in [0, 0.1) is 16.7 Å². The second-order valence-corrected chi connectivity index (χ2v) is 17.0. The van der Waals surface area contributed by atoms with E-state index in [1.54, 1.807) is 34.6 Å². The predicted molar refractivity (Wildman–Crippen MR) is 181 cm³/mol. The molecule has 0 saturated heterocycles. The minimum Gasteiger partial charge on any atom is -0.748 e. The van der Waals surface area contributed by atoms with Crippen LogP contribution in [0.25, 0.3) is 0 Å². The molecule has 0 aliphatic rings. The van der Waals surface area contributed by atoms with Gasteiger partial charge in [-0.05, 0) is 53.0 Å². The molecule has 0 spiro atoms. The van der Waals surface area contributed by atoms with Crippen LogP contribution in [0.2, 0.25) is 0 Å². The second-order valence-electron chi connectivity index (χ2n) is 13.2. The topological polar surface area (TPSA) is 175 Å². The van der Waals surface area contributed by atoms with Gasteiger partial charge in [0.1, 0.15) is 23.5 Å². The Balaban J connectivity index is 2.91. The third-order valence-electron chi connectivity index (χ3n) is 6.86. The van der Waals surface area contributed by atoms with Gasteiger partial charge in [0, 0.05) is 31.7 Å². The number of amides is 2. The number of thiocarbonyl (C=S) groups is 1. The maximum atomic E-state index is 13.6. The van der Waals surface area contributed by atoms with Crippen LogP contribution in [-0.2, 0) is 29.2 Å². The molecule has 1 aromatic rings. The maximum Gasteiger partial charge on any atom is 0.407 e. The summed E-state index contributed by atoms with van der Waals surface area (Å²) < 4.78 is 43.2. The van der Waals surface area contributed by atoms with Crippen LogP contribution < -0.4 is 10.6 Å². The highest BCUT2D eigenvalue weighted by Gasteiger charge is 2.44. The fourth-order valence-electron chi connectivity index (χ4n) is 4.39. The largest absolute Gasteiger partial charge is 0.748 e. The molecule has 0 radical (unpaired) electrons. The Morgan fingerprint density at radius 3 is 2.22 bits per heavy atom. The average molecular weight is 701 g/mol. The van der Waals surface area contributed by atoms with Crippen molar-refractivity contribution in [1.29, 1.82) is 5.26 Å². The first kappa shape index (κ1) is 41.3. The molecule has 0 heterocycles. The second kappa shape index (κ2) is 18.0. The lowest BCUT2D eigenvalue weighted by Gasteiger charge is -2.34. The van der Waals surface area contributed by atoms with E-state index in [4.69, 9.17) is 21.7 Å². The number of nitrogens with zero attached hydrogens (tertiary/aromatic N) is 2. The van der Waals surface area contributed by atoms with Gasteiger partial charge in [-0.3, -0.25) is 9.59 Å². The lowest BCUT2D eigenvalue weighted by molar-refractivity contribution is -0.890. The first-order valence-corrected chi connectivity index (χ1v) is 17.7. The highest BCUT2D eigenvalue weighted by molar-refractivity contribution is 8.25. The van der Waals surface area contributed by atoms with Crippen molar-refractivity contribution in [3.63, 3.8) is 0 Å². The molecule has 0 saturated carbocycles.